The Labute approximate surface area is 107 Å². The summed E-state index contributed by atoms with van der Waals surface area (Å²) in [5.74, 6) is 0.143. The maximum Gasteiger partial charge on any atom is 0.224 e. The third-order valence-electron chi connectivity index (χ3n) is 3.39. The van der Waals surface area contributed by atoms with Gasteiger partial charge in [-0.05, 0) is 50.4 Å². The molecule has 98 valence electrons. The van der Waals surface area contributed by atoms with Crippen LogP contribution >= 0.6 is 0 Å². The van der Waals surface area contributed by atoms with Crippen molar-refractivity contribution in [3.63, 3.8) is 0 Å². The van der Waals surface area contributed by atoms with Gasteiger partial charge in [0.1, 0.15) is 5.82 Å². The van der Waals surface area contributed by atoms with E-state index in [1.807, 2.05) is 0 Å². The van der Waals surface area contributed by atoms with Crippen molar-refractivity contribution in [1.82, 2.24) is 5.32 Å². The fourth-order valence-corrected chi connectivity index (χ4v) is 2.28. The van der Waals surface area contributed by atoms with Crippen molar-refractivity contribution in [1.29, 1.82) is 0 Å². The van der Waals surface area contributed by atoms with Crippen molar-refractivity contribution in [3.8, 4) is 0 Å². The zero-order chi connectivity index (χ0) is 12.8. The summed E-state index contributed by atoms with van der Waals surface area (Å²) in [6, 6.07) is 6.26. The molecule has 4 heteroatoms. The highest BCUT2D eigenvalue weighted by Crippen LogP contribution is 2.19. The van der Waals surface area contributed by atoms with Crippen LogP contribution in [0, 0.1) is 11.7 Å². The predicted molar refractivity (Wildman–Crippen MR) is 69.9 cm³/mol. The minimum atomic E-state index is -0.382. The highest BCUT2D eigenvalue weighted by molar-refractivity contribution is 5.90. The molecule has 0 bridgehead atoms. The average molecular weight is 250 g/mol. The highest BCUT2D eigenvalue weighted by Gasteiger charge is 2.14. The van der Waals surface area contributed by atoms with E-state index in [-0.39, 0.29) is 17.4 Å². The first-order valence-electron chi connectivity index (χ1n) is 6.51. The van der Waals surface area contributed by atoms with Gasteiger partial charge in [0.2, 0.25) is 5.91 Å². The molecule has 0 aromatic heterocycles. The molecule has 1 aromatic carbocycles. The zero-order valence-corrected chi connectivity index (χ0v) is 10.4. The second-order valence-electron chi connectivity index (χ2n) is 4.76. The van der Waals surface area contributed by atoms with E-state index in [0.29, 0.717) is 12.3 Å². The monoisotopic (exact) mass is 250 g/mol. The molecule has 0 radical (unpaired) electrons. The van der Waals surface area contributed by atoms with Crippen LogP contribution in [0.4, 0.5) is 10.1 Å². The molecule has 1 aliphatic rings. The maximum absolute atomic E-state index is 13.3. The van der Waals surface area contributed by atoms with Gasteiger partial charge in [-0.25, -0.2) is 4.39 Å². The first kappa shape index (κ1) is 13.0. The lowest BCUT2D eigenvalue weighted by atomic mass is 9.93. The summed E-state index contributed by atoms with van der Waals surface area (Å²) in [5, 5.41) is 5.92. The number of hydrogen-bond donors (Lipinski definition) is 2. The summed E-state index contributed by atoms with van der Waals surface area (Å²) in [6.45, 7) is 2.08. The SMILES string of the molecule is O=C(CCC1CCNCC1)Nc1ccccc1F. The molecule has 2 N–H and O–H groups in total. The van der Waals surface area contributed by atoms with Crippen molar-refractivity contribution in [3.05, 3.63) is 30.1 Å². The van der Waals surface area contributed by atoms with Gasteiger partial charge in [-0.3, -0.25) is 4.79 Å². The first-order chi connectivity index (χ1) is 8.75. The lowest BCUT2D eigenvalue weighted by Gasteiger charge is -2.22. The molecule has 0 atom stereocenters. The molecule has 1 amide bonds. The lowest BCUT2D eigenvalue weighted by molar-refractivity contribution is -0.116. The van der Waals surface area contributed by atoms with Crippen LogP contribution in [-0.4, -0.2) is 19.0 Å². The third-order valence-corrected chi connectivity index (χ3v) is 3.39. The average Bonchev–Trinajstić information content (AvgIpc) is 2.40. The Kier molecular flexibility index (Phi) is 4.70. The second kappa shape index (κ2) is 6.50. The summed E-state index contributed by atoms with van der Waals surface area (Å²) in [5.41, 5.74) is 0.271. The molecule has 3 nitrogen and oxygen atoms in total. The zero-order valence-electron chi connectivity index (χ0n) is 10.4. The Morgan fingerprint density at radius 3 is 2.78 bits per heavy atom. The van der Waals surface area contributed by atoms with E-state index in [1.54, 1.807) is 18.2 Å². The van der Waals surface area contributed by atoms with Crippen LogP contribution in [-0.2, 0) is 4.79 Å². The van der Waals surface area contributed by atoms with Crippen LogP contribution < -0.4 is 10.6 Å². The number of hydrogen-bond acceptors (Lipinski definition) is 2. The van der Waals surface area contributed by atoms with Gasteiger partial charge >= 0.3 is 0 Å². The Balaban J connectivity index is 1.76. The Bertz CT molecular complexity index is 403. The maximum atomic E-state index is 13.3. The minimum absolute atomic E-state index is 0.0985. The first-order valence-corrected chi connectivity index (χ1v) is 6.51. The van der Waals surface area contributed by atoms with Gasteiger partial charge in [0.15, 0.2) is 0 Å². The van der Waals surface area contributed by atoms with Gasteiger partial charge < -0.3 is 10.6 Å². The minimum Gasteiger partial charge on any atom is -0.324 e. The van der Waals surface area contributed by atoms with Gasteiger partial charge in [-0.1, -0.05) is 12.1 Å². The predicted octanol–water partition coefficient (Wildman–Crippen LogP) is 2.54. The van der Waals surface area contributed by atoms with E-state index < -0.39 is 0 Å². The molecule has 18 heavy (non-hydrogen) atoms. The number of nitrogens with one attached hydrogen (secondary N) is 2. The number of carbonyl (C=O) groups is 1. The highest BCUT2D eigenvalue weighted by atomic mass is 19.1. The van der Waals surface area contributed by atoms with Gasteiger partial charge in [-0.2, -0.15) is 0 Å². The number of para-hydroxylation sites is 1. The molecule has 1 saturated heterocycles. The number of piperidine rings is 1. The molecule has 0 unspecified atom stereocenters. The molecule has 1 aromatic rings. The topological polar surface area (TPSA) is 41.1 Å². The van der Waals surface area contributed by atoms with Crippen LogP contribution in [0.3, 0.4) is 0 Å². The van der Waals surface area contributed by atoms with Gasteiger partial charge in [0, 0.05) is 6.42 Å². The fourth-order valence-electron chi connectivity index (χ4n) is 2.28. The summed E-state index contributed by atoms with van der Waals surface area (Å²) in [6.07, 6.45) is 3.63. The Morgan fingerprint density at radius 1 is 1.33 bits per heavy atom. The number of rotatable bonds is 4. The number of halogens is 1. The van der Waals surface area contributed by atoms with E-state index in [2.05, 4.69) is 10.6 Å². The Morgan fingerprint density at radius 2 is 2.06 bits per heavy atom. The summed E-state index contributed by atoms with van der Waals surface area (Å²) in [4.78, 5) is 11.7. The molecule has 0 aliphatic carbocycles. The second-order valence-corrected chi connectivity index (χ2v) is 4.76. The van der Waals surface area contributed by atoms with Crippen LogP contribution in [0.5, 0.6) is 0 Å². The molecule has 1 heterocycles. The van der Waals surface area contributed by atoms with Gasteiger partial charge in [0.25, 0.3) is 0 Å². The number of amides is 1. The van der Waals surface area contributed by atoms with Gasteiger partial charge in [-0.15, -0.1) is 0 Å². The quantitative estimate of drug-likeness (QED) is 0.862. The molecule has 0 spiro atoms. The van der Waals surface area contributed by atoms with Crippen LogP contribution in [0.2, 0.25) is 0 Å². The molecule has 1 aliphatic heterocycles. The summed E-state index contributed by atoms with van der Waals surface area (Å²) < 4.78 is 13.3. The smallest absolute Gasteiger partial charge is 0.224 e. The van der Waals surface area contributed by atoms with Crippen LogP contribution in [0.15, 0.2) is 24.3 Å². The third kappa shape index (κ3) is 3.81. The molecule has 1 fully saturated rings. The van der Waals surface area contributed by atoms with Crippen molar-refractivity contribution < 1.29 is 9.18 Å². The van der Waals surface area contributed by atoms with Crippen LogP contribution in [0.1, 0.15) is 25.7 Å². The van der Waals surface area contributed by atoms with Crippen molar-refractivity contribution >= 4 is 11.6 Å². The van der Waals surface area contributed by atoms with E-state index in [0.717, 1.165) is 32.4 Å². The van der Waals surface area contributed by atoms with Crippen molar-refractivity contribution in [2.24, 2.45) is 5.92 Å². The molecule has 0 saturated carbocycles. The number of benzene rings is 1. The Hall–Kier alpha value is -1.42. The summed E-state index contributed by atoms with van der Waals surface area (Å²) in [7, 11) is 0. The molecular formula is C14H19FN2O. The number of anilines is 1. The number of carbonyl (C=O) groups excluding carboxylic acids is 1. The summed E-state index contributed by atoms with van der Waals surface area (Å²) >= 11 is 0. The van der Waals surface area contributed by atoms with Crippen molar-refractivity contribution in [2.45, 2.75) is 25.7 Å². The van der Waals surface area contributed by atoms with Crippen LogP contribution in [0.25, 0.3) is 0 Å². The molecule has 2 rings (SSSR count). The van der Waals surface area contributed by atoms with Gasteiger partial charge in [0.05, 0.1) is 5.69 Å². The van der Waals surface area contributed by atoms with E-state index in [9.17, 15) is 9.18 Å². The fraction of sp³-hybridized carbons (Fsp3) is 0.500. The lowest BCUT2D eigenvalue weighted by Crippen LogP contribution is -2.28. The van der Waals surface area contributed by atoms with E-state index >= 15 is 0 Å². The normalized spacial score (nSPS) is 16.5. The largest absolute Gasteiger partial charge is 0.324 e. The standard InChI is InChI=1S/C14H19FN2O/c15-12-3-1-2-4-13(12)17-14(18)6-5-11-7-9-16-10-8-11/h1-4,11,16H,5-10H2,(H,17,18). The van der Waals surface area contributed by atoms with E-state index in [4.69, 9.17) is 0 Å². The van der Waals surface area contributed by atoms with E-state index in [1.165, 1.54) is 6.07 Å². The van der Waals surface area contributed by atoms with Crippen molar-refractivity contribution in [2.75, 3.05) is 18.4 Å². The molecular weight excluding hydrogens is 231 g/mol.